The number of aromatic nitrogens is 5. The van der Waals surface area contributed by atoms with Gasteiger partial charge >= 0.3 is 6.01 Å². The van der Waals surface area contributed by atoms with Gasteiger partial charge in [0, 0.05) is 6.20 Å². The Labute approximate surface area is 175 Å². The van der Waals surface area contributed by atoms with Crippen LogP contribution in [0, 0.1) is 0 Å². The number of hydrogen-bond donors (Lipinski definition) is 0. The maximum Gasteiger partial charge on any atom is 0.316 e. The average molecular weight is 418 g/mol. The van der Waals surface area contributed by atoms with Crippen LogP contribution in [0.15, 0.2) is 6.20 Å². The second-order valence-corrected chi connectivity index (χ2v) is 14.5. The molecule has 0 radical (unpaired) electrons. The summed E-state index contributed by atoms with van der Waals surface area (Å²) in [6, 6.07) is 0.445. The molecule has 0 saturated carbocycles. The lowest BCUT2D eigenvalue weighted by molar-refractivity contribution is 0.222. The summed E-state index contributed by atoms with van der Waals surface area (Å²) in [5, 5.41) is 8.94. The molecule has 1 aliphatic carbocycles. The lowest BCUT2D eigenvalue weighted by Gasteiger charge is -2.42. The summed E-state index contributed by atoms with van der Waals surface area (Å²) in [7, 11) is -0.343. The lowest BCUT2D eigenvalue weighted by atomic mass is 9.97. The fourth-order valence-corrected chi connectivity index (χ4v) is 10.5. The van der Waals surface area contributed by atoms with E-state index in [2.05, 4.69) is 68.7 Å². The molecule has 7 nitrogen and oxygen atoms in total. The van der Waals surface area contributed by atoms with E-state index in [9.17, 15) is 0 Å². The molecular weight excluding hydrogens is 382 g/mol. The number of hydrogen-bond acceptors (Lipinski definition) is 6. The summed E-state index contributed by atoms with van der Waals surface area (Å²) < 4.78 is 14.1. The molecule has 160 valence electrons. The van der Waals surface area contributed by atoms with Gasteiger partial charge < -0.3 is 9.16 Å². The molecule has 0 bridgehead atoms. The van der Waals surface area contributed by atoms with Gasteiger partial charge in [-0.05, 0) is 42.0 Å². The Bertz CT molecular complexity index is 828. The van der Waals surface area contributed by atoms with Crippen LogP contribution in [0.4, 0.5) is 0 Å². The number of rotatable bonds is 8. The lowest BCUT2D eigenvalue weighted by Crippen LogP contribution is -2.48. The fraction of sp³-hybridized carbons (Fsp3) is 0.714. The third-order valence-corrected chi connectivity index (χ3v) is 12.4. The third-order valence-electron chi connectivity index (χ3n) is 6.34. The van der Waals surface area contributed by atoms with Crippen molar-refractivity contribution < 1.29 is 9.16 Å². The van der Waals surface area contributed by atoms with E-state index in [-0.39, 0.29) is 6.04 Å². The summed E-state index contributed by atoms with van der Waals surface area (Å²) in [6.07, 6.45) is 3.59. The van der Waals surface area contributed by atoms with Crippen LogP contribution in [0.25, 0.3) is 11.4 Å². The van der Waals surface area contributed by atoms with Gasteiger partial charge in [0.1, 0.15) is 11.4 Å². The van der Waals surface area contributed by atoms with Gasteiger partial charge in [-0.2, -0.15) is 4.98 Å². The maximum atomic E-state index is 6.82. The molecule has 0 fully saturated rings. The van der Waals surface area contributed by atoms with Gasteiger partial charge in [-0.1, -0.05) is 46.8 Å². The van der Waals surface area contributed by atoms with Gasteiger partial charge in [0.05, 0.1) is 25.5 Å². The van der Waals surface area contributed by atoms with Crippen LogP contribution in [-0.2, 0) is 17.3 Å². The number of methoxy groups -OCH3 is 1. The van der Waals surface area contributed by atoms with Crippen molar-refractivity contribution in [3.8, 4) is 17.4 Å². The van der Waals surface area contributed by atoms with Gasteiger partial charge in [0.25, 0.3) is 0 Å². The van der Waals surface area contributed by atoms with Crippen LogP contribution in [-0.4, -0.2) is 47.0 Å². The first kappa shape index (κ1) is 21.9. The van der Waals surface area contributed by atoms with E-state index >= 15 is 0 Å². The van der Waals surface area contributed by atoms with E-state index in [1.54, 1.807) is 7.11 Å². The van der Waals surface area contributed by atoms with E-state index < -0.39 is 8.32 Å². The number of fused-ring (bicyclic) bond motifs is 3. The largest absolute Gasteiger partial charge is 0.467 e. The van der Waals surface area contributed by atoms with Crippen LogP contribution in [0.5, 0.6) is 6.01 Å². The van der Waals surface area contributed by atoms with Crippen molar-refractivity contribution in [2.24, 2.45) is 0 Å². The molecule has 0 amide bonds. The number of aryl methyl sites for hydroxylation is 2. The smallest absolute Gasteiger partial charge is 0.316 e. The summed E-state index contributed by atoms with van der Waals surface area (Å²) >= 11 is 0. The van der Waals surface area contributed by atoms with Gasteiger partial charge in [0.2, 0.25) is 0 Å². The van der Waals surface area contributed by atoms with Crippen molar-refractivity contribution in [1.82, 2.24) is 25.0 Å². The minimum absolute atomic E-state index is 0.0706. The summed E-state index contributed by atoms with van der Waals surface area (Å²) in [5.74, 6) is 0. The second-order valence-electron chi connectivity index (χ2n) is 9.04. The minimum Gasteiger partial charge on any atom is -0.467 e. The Morgan fingerprint density at radius 1 is 1.03 bits per heavy atom. The Hall–Kier alpha value is -1.80. The van der Waals surface area contributed by atoms with E-state index in [1.165, 1.54) is 0 Å². The monoisotopic (exact) mass is 417 g/mol. The number of ether oxygens (including phenoxy) is 1. The molecule has 1 aliphatic rings. The minimum atomic E-state index is -1.93. The molecule has 3 rings (SSSR count). The van der Waals surface area contributed by atoms with Crippen molar-refractivity contribution >= 4 is 8.32 Å². The quantitative estimate of drug-likeness (QED) is 0.585. The van der Waals surface area contributed by atoms with Gasteiger partial charge in [-0.15, -0.1) is 5.10 Å². The highest BCUT2D eigenvalue weighted by molar-refractivity contribution is 6.77. The van der Waals surface area contributed by atoms with Crippen molar-refractivity contribution in [2.75, 3.05) is 13.7 Å². The van der Waals surface area contributed by atoms with Crippen molar-refractivity contribution in [3.63, 3.8) is 0 Å². The van der Waals surface area contributed by atoms with Gasteiger partial charge in [0.15, 0.2) is 8.32 Å². The summed E-state index contributed by atoms with van der Waals surface area (Å²) in [5.41, 5.74) is 5.63. The van der Waals surface area contributed by atoms with Crippen LogP contribution in [0.3, 0.4) is 0 Å². The van der Waals surface area contributed by atoms with Crippen LogP contribution >= 0.6 is 0 Å². The zero-order valence-electron chi connectivity index (χ0n) is 19.1. The highest BCUT2D eigenvalue weighted by Gasteiger charge is 2.45. The molecule has 2 heterocycles. The second kappa shape index (κ2) is 8.51. The molecule has 1 atom stereocenters. The average Bonchev–Trinajstić information content (AvgIpc) is 3.11. The molecule has 0 N–H and O–H groups in total. The highest BCUT2D eigenvalue weighted by Crippen LogP contribution is 2.43. The highest BCUT2D eigenvalue weighted by atomic mass is 28.4. The van der Waals surface area contributed by atoms with Crippen LogP contribution in [0.2, 0.25) is 16.6 Å². The molecule has 2 aromatic heterocycles. The molecule has 0 spiro atoms. The van der Waals surface area contributed by atoms with E-state index in [1.807, 2.05) is 10.9 Å². The Balaban J connectivity index is 1.90. The molecule has 29 heavy (non-hydrogen) atoms. The molecule has 8 heteroatoms. The topological polar surface area (TPSA) is 75.0 Å². The van der Waals surface area contributed by atoms with E-state index in [0.717, 1.165) is 35.5 Å². The van der Waals surface area contributed by atoms with Crippen LogP contribution < -0.4 is 4.74 Å². The van der Waals surface area contributed by atoms with Crippen LogP contribution in [0.1, 0.15) is 65.8 Å². The Morgan fingerprint density at radius 2 is 1.69 bits per heavy atom. The fourth-order valence-electron chi connectivity index (χ4n) is 5.01. The first-order valence-electron chi connectivity index (χ1n) is 10.7. The van der Waals surface area contributed by atoms with Crippen molar-refractivity contribution in [3.05, 3.63) is 17.5 Å². The normalized spacial score (nSPS) is 15.0. The van der Waals surface area contributed by atoms with Crippen molar-refractivity contribution in [2.45, 2.75) is 84.0 Å². The first-order chi connectivity index (χ1) is 13.7. The zero-order chi connectivity index (χ0) is 21.3. The van der Waals surface area contributed by atoms with Gasteiger partial charge in [-0.3, -0.25) is 0 Å². The Kier molecular flexibility index (Phi) is 6.43. The standard InChI is InChI=1S/C21H35N5O2Si/c1-13(2)29(14(3)4,15(5)6)28-12-16(7)26-20-18(24-25-26)10-9-17-11-22-21(27-8)23-19(17)20/h11,13-16H,9-10,12H2,1-8H3/t16-/m0/s1. The van der Waals surface area contributed by atoms with Crippen molar-refractivity contribution in [1.29, 1.82) is 0 Å². The predicted molar refractivity (Wildman–Crippen MR) is 117 cm³/mol. The zero-order valence-corrected chi connectivity index (χ0v) is 20.1. The first-order valence-corrected chi connectivity index (χ1v) is 12.8. The molecule has 0 unspecified atom stereocenters. The summed E-state index contributed by atoms with van der Waals surface area (Å²) in [4.78, 5) is 8.88. The molecule has 0 aliphatic heterocycles. The maximum absolute atomic E-state index is 6.82. The van der Waals surface area contributed by atoms with E-state index in [0.29, 0.717) is 29.2 Å². The third kappa shape index (κ3) is 3.84. The molecular formula is C21H35N5O2Si. The molecule has 2 aromatic rings. The predicted octanol–water partition coefficient (Wildman–Crippen LogP) is 4.60. The molecule has 0 aromatic carbocycles. The Morgan fingerprint density at radius 3 is 2.28 bits per heavy atom. The van der Waals surface area contributed by atoms with Gasteiger partial charge in [-0.25, -0.2) is 9.67 Å². The summed E-state index contributed by atoms with van der Waals surface area (Å²) in [6.45, 7) is 16.7. The number of nitrogens with zero attached hydrogens (tertiary/aromatic N) is 5. The van der Waals surface area contributed by atoms with E-state index in [4.69, 9.17) is 9.16 Å². The SMILES string of the molecule is COc1ncc2c(n1)-c1c(nnn1[C@@H](C)CO[Si](C(C)C)(C(C)C)C(C)C)CC2. The molecule has 0 saturated heterocycles.